The lowest BCUT2D eigenvalue weighted by atomic mass is 10.1. The summed E-state index contributed by atoms with van der Waals surface area (Å²) in [4.78, 5) is 12.0. The molecule has 0 aliphatic carbocycles. The number of carbonyl (C=O) groups excluding carboxylic acids is 1. The maximum atomic E-state index is 12.8. The van der Waals surface area contributed by atoms with Crippen LogP contribution in [0.25, 0.3) is 0 Å². The lowest BCUT2D eigenvalue weighted by Crippen LogP contribution is -2.35. The van der Waals surface area contributed by atoms with E-state index in [1.807, 2.05) is 41.2 Å². The minimum atomic E-state index is -0.281. The molecule has 152 valence electrons. The van der Waals surface area contributed by atoms with Crippen molar-refractivity contribution in [2.24, 2.45) is 0 Å². The van der Waals surface area contributed by atoms with E-state index >= 15 is 0 Å². The number of ether oxygens (including phenoxy) is 1. The summed E-state index contributed by atoms with van der Waals surface area (Å²) >= 11 is 0. The summed E-state index contributed by atoms with van der Waals surface area (Å²) in [5.41, 5.74) is 2.18. The molecule has 0 saturated heterocycles. The normalized spacial score (nSPS) is 10.5. The Labute approximate surface area is 169 Å². The van der Waals surface area contributed by atoms with Crippen molar-refractivity contribution in [1.82, 2.24) is 20.4 Å². The Hall–Kier alpha value is -3.35. The molecule has 0 atom stereocenters. The first kappa shape index (κ1) is 20.4. The molecule has 1 heterocycles. The SMILES string of the molecule is O=C(NCCCCOc1ccc(F)cc1)NCc1ccccc1Cn1cccn1. The standard InChI is InChI=1S/C22H25FN4O2/c23-20-8-10-21(11-9-20)29-15-4-3-12-24-22(28)25-16-18-6-1-2-7-19(18)17-27-14-5-13-26-27/h1-2,5-11,13-14H,3-4,12,15-17H2,(H2,24,25,28). The van der Waals surface area contributed by atoms with Gasteiger partial charge in [0.25, 0.3) is 0 Å². The number of unbranched alkanes of at least 4 members (excludes halogenated alkanes) is 1. The Morgan fingerprint density at radius 2 is 1.79 bits per heavy atom. The molecule has 1 aromatic heterocycles. The highest BCUT2D eigenvalue weighted by Gasteiger charge is 2.05. The number of benzene rings is 2. The van der Waals surface area contributed by atoms with Crippen molar-refractivity contribution in [3.05, 3.63) is 83.9 Å². The number of rotatable bonds is 10. The Morgan fingerprint density at radius 1 is 1.00 bits per heavy atom. The number of hydrogen-bond donors (Lipinski definition) is 2. The largest absolute Gasteiger partial charge is 0.494 e. The van der Waals surface area contributed by atoms with Crippen molar-refractivity contribution in [3.63, 3.8) is 0 Å². The van der Waals surface area contributed by atoms with Gasteiger partial charge in [-0.3, -0.25) is 4.68 Å². The summed E-state index contributed by atoms with van der Waals surface area (Å²) in [7, 11) is 0. The van der Waals surface area contributed by atoms with E-state index in [-0.39, 0.29) is 11.8 Å². The van der Waals surface area contributed by atoms with E-state index in [9.17, 15) is 9.18 Å². The number of amides is 2. The summed E-state index contributed by atoms with van der Waals surface area (Å²) in [6.07, 6.45) is 5.25. The Balaban J connectivity index is 1.31. The van der Waals surface area contributed by atoms with E-state index in [0.717, 1.165) is 24.0 Å². The zero-order valence-electron chi connectivity index (χ0n) is 16.2. The molecule has 0 spiro atoms. The number of carbonyl (C=O) groups is 1. The second-order valence-corrected chi connectivity index (χ2v) is 6.59. The van der Waals surface area contributed by atoms with Gasteiger partial charge in [-0.1, -0.05) is 24.3 Å². The van der Waals surface area contributed by atoms with E-state index in [2.05, 4.69) is 15.7 Å². The van der Waals surface area contributed by atoms with Gasteiger partial charge in [0, 0.05) is 25.5 Å². The van der Waals surface area contributed by atoms with Gasteiger partial charge in [0.05, 0.1) is 13.2 Å². The minimum absolute atomic E-state index is 0.196. The van der Waals surface area contributed by atoms with Crippen molar-refractivity contribution in [2.75, 3.05) is 13.2 Å². The molecule has 0 aliphatic rings. The van der Waals surface area contributed by atoms with E-state index < -0.39 is 0 Å². The Morgan fingerprint density at radius 3 is 2.55 bits per heavy atom. The predicted molar refractivity (Wildman–Crippen MR) is 109 cm³/mol. The lowest BCUT2D eigenvalue weighted by molar-refractivity contribution is 0.239. The first-order valence-electron chi connectivity index (χ1n) is 9.65. The first-order valence-corrected chi connectivity index (χ1v) is 9.65. The highest BCUT2D eigenvalue weighted by molar-refractivity contribution is 5.73. The quantitative estimate of drug-likeness (QED) is 0.513. The van der Waals surface area contributed by atoms with Gasteiger partial charge in [0.15, 0.2) is 0 Å². The van der Waals surface area contributed by atoms with E-state index in [0.29, 0.717) is 32.0 Å². The summed E-state index contributed by atoms with van der Waals surface area (Å²) in [5, 5.41) is 9.97. The summed E-state index contributed by atoms with van der Waals surface area (Å²) in [5.74, 6) is 0.363. The van der Waals surface area contributed by atoms with Crippen LogP contribution in [-0.4, -0.2) is 29.0 Å². The number of halogens is 1. The van der Waals surface area contributed by atoms with Crippen LogP contribution in [0.15, 0.2) is 67.0 Å². The van der Waals surface area contributed by atoms with Crippen molar-refractivity contribution < 1.29 is 13.9 Å². The Kier molecular flexibility index (Phi) is 7.63. The van der Waals surface area contributed by atoms with Crippen molar-refractivity contribution >= 4 is 6.03 Å². The monoisotopic (exact) mass is 396 g/mol. The minimum Gasteiger partial charge on any atom is -0.494 e. The molecule has 2 N–H and O–H groups in total. The Bertz CT molecular complexity index is 882. The van der Waals surface area contributed by atoms with Crippen LogP contribution in [-0.2, 0) is 13.1 Å². The molecule has 0 radical (unpaired) electrons. The molecule has 0 bridgehead atoms. The molecule has 29 heavy (non-hydrogen) atoms. The second-order valence-electron chi connectivity index (χ2n) is 6.59. The highest BCUT2D eigenvalue weighted by atomic mass is 19.1. The highest BCUT2D eigenvalue weighted by Crippen LogP contribution is 2.12. The maximum absolute atomic E-state index is 12.8. The smallest absolute Gasteiger partial charge is 0.315 e. The molecule has 3 aromatic rings. The fourth-order valence-electron chi connectivity index (χ4n) is 2.84. The van der Waals surface area contributed by atoms with Crippen LogP contribution in [0.3, 0.4) is 0 Å². The zero-order valence-corrected chi connectivity index (χ0v) is 16.2. The number of aromatic nitrogens is 2. The molecule has 2 amide bonds. The third-order valence-electron chi connectivity index (χ3n) is 4.39. The van der Waals surface area contributed by atoms with Crippen molar-refractivity contribution in [3.8, 4) is 5.75 Å². The van der Waals surface area contributed by atoms with Gasteiger partial charge < -0.3 is 15.4 Å². The van der Waals surface area contributed by atoms with E-state index in [4.69, 9.17) is 4.74 Å². The zero-order chi connectivity index (χ0) is 20.3. The van der Waals surface area contributed by atoms with Gasteiger partial charge >= 0.3 is 6.03 Å². The third-order valence-corrected chi connectivity index (χ3v) is 4.39. The van der Waals surface area contributed by atoms with Crippen LogP contribution < -0.4 is 15.4 Å². The number of hydrogen-bond acceptors (Lipinski definition) is 3. The number of nitrogens with zero attached hydrogens (tertiary/aromatic N) is 2. The molecule has 6 nitrogen and oxygen atoms in total. The molecule has 0 unspecified atom stereocenters. The van der Waals surface area contributed by atoms with Crippen molar-refractivity contribution in [1.29, 1.82) is 0 Å². The molecule has 7 heteroatoms. The van der Waals surface area contributed by atoms with E-state index in [1.165, 1.54) is 12.1 Å². The lowest BCUT2D eigenvalue weighted by Gasteiger charge is -2.12. The van der Waals surface area contributed by atoms with E-state index in [1.54, 1.807) is 18.3 Å². The predicted octanol–water partition coefficient (Wildman–Crippen LogP) is 3.73. The average molecular weight is 396 g/mol. The fourth-order valence-corrected chi connectivity index (χ4v) is 2.84. The van der Waals surface area contributed by atoms with Gasteiger partial charge in [0.1, 0.15) is 11.6 Å². The van der Waals surface area contributed by atoms with Crippen LogP contribution in [0.5, 0.6) is 5.75 Å². The molecule has 3 rings (SSSR count). The first-order chi connectivity index (χ1) is 14.2. The van der Waals surface area contributed by atoms with Crippen LogP contribution >= 0.6 is 0 Å². The fraction of sp³-hybridized carbons (Fsp3) is 0.273. The molecule has 2 aromatic carbocycles. The third kappa shape index (κ3) is 6.95. The average Bonchev–Trinajstić information content (AvgIpc) is 3.24. The summed E-state index contributed by atoms with van der Waals surface area (Å²) in [6.45, 7) is 2.21. The van der Waals surface area contributed by atoms with Crippen molar-refractivity contribution in [2.45, 2.75) is 25.9 Å². The van der Waals surface area contributed by atoms with Crippen LogP contribution in [0.1, 0.15) is 24.0 Å². The summed E-state index contributed by atoms with van der Waals surface area (Å²) < 4.78 is 20.2. The molecular weight excluding hydrogens is 371 g/mol. The molecular formula is C22H25FN4O2. The van der Waals surface area contributed by atoms with Gasteiger partial charge in [0.2, 0.25) is 0 Å². The van der Waals surface area contributed by atoms with Crippen LogP contribution in [0, 0.1) is 5.82 Å². The maximum Gasteiger partial charge on any atom is 0.315 e. The van der Waals surface area contributed by atoms with Crippen LogP contribution in [0.4, 0.5) is 9.18 Å². The molecule has 0 saturated carbocycles. The molecule has 0 fully saturated rings. The van der Waals surface area contributed by atoms with Crippen LogP contribution in [0.2, 0.25) is 0 Å². The number of nitrogens with one attached hydrogen (secondary N) is 2. The number of urea groups is 1. The van der Waals surface area contributed by atoms with Gasteiger partial charge in [-0.15, -0.1) is 0 Å². The van der Waals surface area contributed by atoms with Gasteiger partial charge in [-0.2, -0.15) is 5.10 Å². The second kappa shape index (κ2) is 10.8. The van der Waals surface area contributed by atoms with Gasteiger partial charge in [-0.25, -0.2) is 9.18 Å². The van der Waals surface area contributed by atoms with Gasteiger partial charge in [-0.05, 0) is 54.3 Å². The topological polar surface area (TPSA) is 68.2 Å². The molecule has 0 aliphatic heterocycles. The summed E-state index contributed by atoms with van der Waals surface area (Å²) in [6, 6.07) is 15.6.